The summed E-state index contributed by atoms with van der Waals surface area (Å²) in [5.41, 5.74) is -0.136. The van der Waals surface area contributed by atoms with Gasteiger partial charge >= 0.3 is 37.4 Å². The van der Waals surface area contributed by atoms with Crippen molar-refractivity contribution in [3.05, 3.63) is 152 Å². The second-order valence-electron chi connectivity index (χ2n) is 8.72. The van der Waals surface area contributed by atoms with Crippen LogP contribution in [0, 0.1) is 20.2 Å². The number of nitro groups is 2. The van der Waals surface area contributed by atoms with Crippen molar-refractivity contribution >= 4 is 42.9 Å². The van der Waals surface area contributed by atoms with Crippen molar-refractivity contribution in [1.82, 2.24) is 0 Å². The molecule has 0 saturated carbocycles. The van der Waals surface area contributed by atoms with Gasteiger partial charge in [0.2, 0.25) is 0 Å². The zero-order valence-corrected chi connectivity index (χ0v) is 25.9. The molecule has 4 rings (SSSR count). The van der Waals surface area contributed by atoms with E-state index < -0.39 is 29.2 Å². The van der Waals surface area contributed by atoms with Gasteiger partial charge in [0.05, 0.1) is 21.0 Å². The number of allylic oxidation sites excluding steroid dienone is 2. The maximum absolute atomic E-state index is 12.6. The number of hydrogen-bond donors (Lipinski definition) is 0. The number of nitro benzene ring substituents is 2. The Morgan fingerprint density at radius 3 is 1.41 bits per heavy atom. The fourth-order valence-electron chi connectivity index (χ4n) is 3.83. The predicted molar refractivity (Wildman–Crippen MR) is 155 cm³/mol. The number of phosphoric acid groups is 1. The summed E-state index contributed by atoms with van der Waals surface area (Å²) in [7, 11) is -4.96. The van der Waals surface area contributed by atoms with Crippen molar-refractivity contribution in [2.24, 2.45) is 0 Å². The van der Waals surface area contributed by atoms with Crippen LogP contribution < -0.4 is 43.5 Å². The minimum atomic E-state index is -4.96. The van der Waals surface area contributed by atoms with E-state index in [0.717, 1.165) is 12.2 Å². The molecule has 0 heterocycles. The van der Waals surface area contributed by atoms with Crippen LogP contribution >= 0.6 is 7.82 Å². The maximum Gasteiger partial charge on any atom is 1.00 e. The van der Waals surface area contributed by atoms with Crippen molar-refractivity contribution in [3.8, 4) is 11.5 Å². The zero-order chi connectivity index (χ0) is 31.0. The molecule has 4 aromatic carbocycles. The first kappa shape index (κ1) is 33.8. The Morgan fingerprint density at radius 2 is 1.02 bits per heavy atom. The van der Waals surface area contributed by atoms with Crippen LogP contribution in [-0.2, 0) is 4.57 Å². The molecule has 216 valence electrons. The van der Waals surface area contributed by atoms with Gasteiger partial charge in [0.1, 0.15) is 11.5 Å². The van der Waals surface area contributed by atoms with Crippen LogP contribution in [-0.4, -0.2) is 21.4 Å². The second kappa shape index (κ2) is 15.1. The molecule has 0 bridgehead atoms. The van der Waals surface area contributed by atoms with E-state index >= 15 is 0 Å². The molecule has 4 aromatic rings. The smallest absolute Gasteiger partial charge is 0.736 e. The first-order chi connectivity index (χ1) is 20.5. The number of rotatable bonds is 12. The molecule has 0 atom stereocenters. The molecule has 0 aliphatic rings. The molecule has 12 nitrogen and oxygen atoms in total. The number of nitrogens with zero attached hydrogens (tertiary/aromatic N) is 2. The van der Waals surface area contributed by atoms with Gasteiger partial charge < -0.3 is 13.9 Å². The first-order valence-electron chi connectivity index (χ1n) is 12.3. The zero-order valence-electron chi connectivity index (χ0n) is 23.0. The molecule has 0 fully saturated rings. The van der Waals surface area contributed by atoms with Gasteiger partial charge in [-0.1, -0.05) is 60.7 Å². The van der Waals surface area contributed by atoms with Gasteiger partial charge in [-0.3, -0.25) is 29.8 Å². The molecule has 0 amide bonds. The summed E-state index contributed by atoms with van der Waals surface area (Å²) in [4.78, 5) is 58.6. The van der Waals surface area contributed by atoms with Crippen molar-refractivity contribution in [2.45, 2.75) is 0 Å². The van der Waals surface area contributed by atoms with E-state index in [1.165, 1.54) is 97.1 Å². The molecular formula is C30H20N2NaO10P. The minimum absolute atomic E-state index is 0. The molecule has 0 unspecified atom stereocenters. The standard InChI is InChI=1S/C30H21N2O10P.Na/c33-29(25-11-1-3-13-27(25)31(35)36)17-15-21-7-5-9-23(19-21)41-43(39,40)42-24-10-6-8-22(20-24)16-18-30(34)26-12-2-4-14-28(26)32(37)38;/h1-20H,(H,39,40);/q;+1/p-1. The van der Waals surface area contributed by atoms with Crippen LogP contribution in [0.15, 0.2) is 109 Å². The summed E-state index contributed by atoms with van der Waals surface area (Å²) in [5.74, 6) is -1.47. The molecule has 0 saturated heterocycles. The Morgan fingerprint density at radius 1 is 0.636 bits per heavy atom. The van der Waals surface area contributed by atoms with Crippen LogP contribution in [0.3, 0.4) is 0 Å². The van der Waals surface area contributed by atoms with E-state index in [4.69, 9.17) is 9.05 Å². The van der Waals surface area contributed by atoms with Gasteiger partial charge in [-0.05, 0) is 59.7 Å². The molecule has 0 aromatic heterocycles. The largest absolute Gasteiger partial charge is 1.00 e. The summed E-state index contributed by atoms with van der Waals surface area (Å²) in [5, 5.41) is 22.4. The van der Waals surface area contributed by atoms with Gasteiger partial charge in [0.15, 0.2) is 11.6 Å². The third kappa shape index (κ3) is 9.14. The van der Waals surface area contributed by atoms with Gasteiger partial charge in [-0.2, -0.15) is 0 Å². The Kier molecular flexibility index (Phi) is 11.6. The Labute approximate surface area is 272 Å². The van der Waals surface area contributed by atoms with E-state index in [9.17, 15) is 39.3 Å². The molecule has 0 aliphatic carbocycles. The van der Waals surface area contributed by atoms with Crippen molar-refractivity contribution in [3.63, 3.8) is 0 Å². The maximum atomic E-state index is 12.6. The fraction of sp³-hybridized carbons (Fsp3) is 0. The molecule has 0 N–H and O–H groups in total. The first-order valence-corrected chi connectivity index (χ1v) is 13.8. The molecule has 14 heteroatoms. The minimum Gasteiger partial charge on any atom is -0.736 e. The van der Waals surface area contributed by atoms with Crippen molar-refractivity contribution in [2.75, 3.05) is 0 Å². The molecule has 0 radical (unpaired) electrons. The molecule has 44 heavy (non-hydrogen) atoms. The monoisotopic (exact) mass is 622 g/mol. The van der Waals surface area contributed by atoms with Crippen LogP contribution in [0.4, 0.5) is 11.4 Å². The average molecular weight is 622 g/mol. The van der Waals surface area contributed by atoms with E-state index in [2.05, 4.69) is 0 Å². The number of ketones is 2. The summed E-state index contributed by atoms with van der Waals surface area (Å²) in [6.07, 6.45) is 4.94. The third-order valence-corrected chi connectivity index (χ3v) is 6.61. The van der Waals surface area contributed by atoms with Gasteiger partial charge in [-0.15, -0.1) is 0 Å². The van der Waals surface area contributed by atoms with Crippen LogP contribution in [0.1, 0.15) is 31.8 Å². The Hall–Kier alpha value is -4.71. The summed E-state index contributed by atoms with van der Waals surface area (Å²) < 4.78 is 22.7. The Balaban J connectivity index is 0.00000529. The van der Waals surface area contributed by atoms with Gasteiger partial charge in [0.25, 0.3) is 11.4 Å². The number of benzene rings is 4. The Bertz CT molecular complexity index is 1710. The van der Waals surface area contributed by atoms with Gasteiger partial charge in [0, 0.05) is 12.1 Å². The van der Waals surface area contributed by atoms with E-state index in [-0.39, 0.29) is 63.6 Å². The van der Waals surface area contributed by atoms with Crippen LogP contribution in [0.5, 0.6) is 11.5 Å². The van der Waals surface area contributed by atoms with Crippen LogP contribution in [0.2, 0.25) is 0 Å². The number of phosphoric ester groups is 1. The van der Waals surface area contributed by atoms with Crippen molar-refractivity contribution in [1.29, 1.82) is 0 Å². The fourth-order valence-corrected chi connectivity index (χ4v) is 4.61. The number of carbonyl (C=O) groups excluding carboxylic acids is 2. The summed E-state index contributed by atoms with van der Waals surface area (Å²) in [6, 6.07) is 22.4. The summed E-state index contributed by atoms with van der Waals surface area (Å²) >= 11 is 0. The van der Waals surface area contributed by atoms with Gasteiger partial charge in [-0.25, -0.2) is 4.57 Å². The third-order valence-electron chi connectivity index (χ3n) is 5.74. The molecular weight excluding hydrogens is 602 g/mol. The quantitative estimate of drug-likeness (QED) is 0.0569. The van der Waals surface area contributed by atoms with Crippen LogP contribution in [0.25, 0.3) is 12.2 Å². The number of para-hydroxylation sites is 2. The second-order valence-corrected chi connectivity index (χ2v) is 9.98. The predicted octanol–water partition coefficient (Wildman–Crippen LogP) is 3.23. The summed E-state index contributed by atoms with van der Waals surface area (Å²) in [6.45, 7) is 0. The average Bonchev–Trinajstić information content (AvgIpc) is 2.98. The van der Waals surface area contributed by atoms with E-state index in [1.807, 2.05) is 0 Å². The van der Waals surface area contributed by atoms with Crippen molar-refractivity contribution < 1.29 is 67.5 Å². The van der Waals surface area contributed by atoms with E-state index in [1.54, 1.807) is 12.1 Å². The topological polar surface area (TPSA) is 179 Å². The SMILES string of the molecule is O=C(C=Cc1cccc(OP(=O)([O-])Oc2cccc(C=CC(=O)c3ccccc3[N+](=O)[O-])c2)c1)c1ccccc1[N+](=O)[O-].[Na+]. The molecule has 0 spiro atoms. The molecule has 0 aliphatic heterocycles. The normalized spacial score (nSPS) is 12.2. The number of hydrogen-bond acceptors (Lipinski definition) is 10. The van der Waals surface area contributed by atoms with E-state index in [0.29, 0.717) is 11.1 Å². The number of carbonyl (C=O) groups is 2.